The molecule has 0 aromatic heterocycles. The third kappa shape index (κ3) is 6.96. The van der Waals surface area contributed by atoms with Crippen LogP contribution in [0, 0.1) is 0 Å². The van der Waals surface area contributed by atoms with Crippen molar-refractivity contribution in [2.24, 2.45) is 5.73 Å². The molecule has 0 aromatic rings. The van der Waals surface area contributed by atoms with Gasteiger partial charge in [0.15, 0.2) is 0 Å². The first-order valence-corrected chi connectivity index (χ1v) is 5.07. The first-order chi connectivity index (χ1) is 6.22. The molecular formula is C7H16N2O4S. The number of nitrogens with two attached hydrogens (primary N) is 1. The minimum absolute atomic E-state index is 0.287. The number of hydrogen-bond acceptors (Lipinski definition) is 4. The fraction of sp³-hybridized carbons (Fsp3) is 0.857. The molecule has 0 spiro atoms. The maximum Gasteiger partial charge on any atom is 0.301 e. The molecule has 0 saturated heterocycles. The van der Waals surface area contributed by atoms with Crippen molar-refractivity contribution in [2.75, 3.05) is 6.61 Å². The first-order valence-electron chi connectivity index (χ1n) is 4.04. The van der Waals surface area contributed by atoms with Crippen molar-refractivity contribution in [3.63, 3.8) is 0 Å². The molecule has 0 heterocycles. The molecule has 0 aliphatic heterocycles. The van der Waals surface area contributed by atoms with Gasteiger partial charge in [-0.05, 0) is 20.8 Å². The highest BCUT2D eigenvalue weighted by molar-refractivity contribution is 7.74. The number of amides is 1. The monoisotopic (exact) mass is 224 g/mol. The Morgan fingerprint density at radius 2 is 2.14 bits per heavy atom. The summed E-state index contributed by atoms with van der Waals surface area (Å²) in [5.74, 6) is -0.414. The molecule has 1 unspecified atom stereocenters. The largest absolute Gasteiger partial charge is 0.350 e. The van der Waals surface area contributed by atoms with Crippen LogP contribution in [0.15, 0.2) is 0 Å². The lowest BCUT2D eigenvalue weighted by Gasteiger charge is -2.22. The van der Waals surface area contributed by atoms with Crippen molar-refractivity contribution in [2.45, 2.75) is 32.4 Å². The Hall–Kier alpha value is -0.500. The molecule has 14 heavy (non-hydrogen) atoms. The lowest BCUT2D eigenvalue weighted by Crippen LogP contribution is -2.50. The third-order valence-electron chi connectivity index (χ3n) is 1.18. The minimum Gasteiger partial charge on any atom is -0.350 e. The van der Waals surface area contributed by atoms with Crippen LogP contribution in [0.4, 0.5) is 0 Å². The van der Waals surface area contributed by atoms with Crippen molar-refractivity contribution in [3.8, 4) is 0 Å². The van der Waals surface area contributed by atoms with Crippen LogP contribution >= 0.6 is 0 Å². The molecule has 0 aliphatic carbocycles. The Labute approximate surface area is 85.7 Å². The molecule has 2 atom stereocenters. The van der Waals surface area contributed by atoms with Gasteiger partial charge in [-0.1, -0.05) is 0 Å². The van der Waals surface area contributed by atoms with E-state index in [0.29, 0.717) is 0 Å². The fourth-order valence-electron chi connectivity index (χ4n) is 0.669. The van der Waals surface area contributed by atoms with Crippen LogP contribution < -0.4 is 11.1 Å². The van der Waals surface area contributed by atoms with E-state index in [1.165, 1.54) is 0 Å². The van der Waals surface area contributed by atoms with E-state index in [4.69, 9.17) is 10.3 Å². The predicted octanol–water partition coefficient (Wildman–Crippen LogP) is -0.618. The molecule has 84 valence electrons. The van der Waals surface area contributed by atoms with E-state index in [1.807, 2.05) is 20.8 Å². The highest BCUT2D eigenvalue weighted by atomic mass is 32.2. The molecule has 7 heteroatoms. The van der Waals surface area contributed by atoms with Gasteiger partial charge in [-0.15, -0.1) is 0 Å². The van der Waals surface area contributed by atoms with Gasteiger partial charge in [0, 0.05) is 5.54 Å². The van der Waals surface area contributed by atoms with Crippen LogP contribution in [0.2, 0.25) is 0 Å². The number of rotatable bonds is 4. The Balaban J connectivity index is 3.94. The van der Waals surface area contributed by atoms with E-state index in [0.717, 1.165) is 0 Å². The number of nitrogens with one attached hydrogen (secondary N) is 1. The van der Waals surface area contributed by atoms with Crippen LogP contribution in [-0.4, -0.2) is 32.9 Å². The van der Waals surface area contributed by atoms with Crippen molar-refractivity contribution in [1.29, 1.82) is 0 Å². The lowest BCUT2D eigenvalue weighted by atomic mass is 10.1. The molecule has 0 rings (SSSR count). The maximum atomic E-state index is 11.3. The van der Waals surface area contributed by atoms with Crippen molar-refractivity contribution >= 4 is 17.3 Å². The van der Waals surface area contributed by atoms with Gasteiger partial charge in [-0.3, -0.25) is 13.5 Å². The van der Waals surface area contributed by atoms with E-state index in [9.17, 15) is 9.00 Å². The highest BCUT2D eigenvalue weighted by Gasteiger charge is 2.20. The van der Waals surface area contributed by atoms with E-state index in [1.54, 1.807) is 0 Å². The number of carbonyl (C=O) groups excluding carboxylic acids is 1. The topological polar surface area (TPSA) is 102 Å². The second-order valence-corrected chi connectivity index (χ2v) is 4.52. The summed E-state index contributed by atoms with van der Waals surface area (Å²) in [5, 5.41) is 2.62. The summed E-state index contributed by atoms with van der Waals surface area (Å²) in [6.07, 6.45) is 0. The minimum atomic E-state index is -2.39. The molecule has 0 radical (unpaired) electrons. The second-order valence-electron chi connectivity index (χ2n) is 3.85. The van der Waals surface area contributed by atoms with Crippen LogP contribution in [0.3, 0.4) is 0 Å². The maximum absolute atomic E-state index is 11.3. The Kier molecular flexibility index (Phi) is 5.21. The van der Waals surface area contributed by atoms with Gasteiger partial charge in [0.25, 0.3) is 0 Å². The first kappa shape index (κ1) is 13.5. The fourth-order valence-corrected chi connectivity index (χ4v) is 0.933. The molecule has 0 aromatic carbocycles. The van der Waals surface area contributed by atoms with Gasteiger partial charge in [0.2, 0.25) is 5.91 Å². The average Bonchev–Trinajstić information content (AvgIpc) is 1.96. The van der Waals surface area contributed by atoms with E-state index in [-0.39, 0.29) is 12.1 Å². The van der Waals surface area contributed by atoms with Crippen LogP contribution in [0.1, 0.15) is 20.8 Å². The van der Waals surface area contributed by atoms with E-state index < -0.39 is 23.3 Å². The van der Waals surface area contributed by atoms with Crippen molar-refractivity contribution in [3.05, 3.63) is 0 Å². The van der Waals surface area contributed by atoms with Crippen LogP contribution in [0.25, 0.3) is 0 Å². The van der Waals surface area contributed by atoms with Gasteiger partial charge in [-0.25, -0.2) is 0 Å². The van der Waals surface area contributed by atoms with Gasteiger partial charge < -0.3 is 11.1 Å². The summed E-state index contributed by atoms with van der Waals surface area (Å²) in [7, 11) is 0. The van der Waals surface area contributed by atoms with Gasteiger partial charge in [0.1, 0.15) is 6.04 Å². The quantitative estimate of drug-likeness (QED) is 0.552. The van der Waals surface area contributed by atoms with E-state index in [2.05, 4.69) is 9.50 Å². The molecular weight excluding hydrogens is 208 g/mol. The van der Waals surface area contributed by atoms with Gasteiger partial charge in [-0.2, -0.15) is 4.21 Å². The summed E-state index contributed by atoms with van der Waals surface area (Å²) in [5.41, 5.74) is 5.01. The van der Waals surface area contributed by atoms with Crippen molar-refractivity contribution in [1.82, 2.24) is 5.32 Å². The summed E-state index contributed by atoms with van der Waals surface area (Å²) in [4.78, 5) is 11.3. The predicted molar refractivity (Wildman–Crippen MR) is 52.6 cm³/mol. The summed E-state index contributed by atoms with van der Waals surface area (Å²) in [6.45, 7) is 5.14. The summed E-state index contributed by atoms with van der Waals surface area (Å²) < 4.78 is 22.7. The standard InChI is InChI=1S/C7H16N2O4S/c1-7(2,3)9-6(10)5(8)4-13-14(11)12/h5H,4,8H2,1-3H3,(H,9,10)(H,11,12)/t5-/m0/s1. The number of carbonyl (C=O) groups is 1. The summed E-state index contributed by atoms with van der Waals surface area (Å²) >= 11 is -2.39. The SMILES string of the molecule is CC(C)(C)NC(=O)[C@@H](N)COS(=O)O. The van der Waals surface area contributed by atoms with Crippen LogP contribution in [0.5, 0.6) is 0 Å². The number of hydrogen-bond donors (Lipinski definition) is 3. The molecule has 0 fully saturated rings. The Bertz CT molecular complexity index is 226. The van der Waals surface area contributed by atoms with Gasteiger partial charge >= 0.3 is 11.4 Å². The van der Waals surface area contributed by atoms with Crippen molar-refractivity contribution < 1.29 is 17.7 Å². The Morgan fingerprint density at radius 3 is 2.50 bits per heavy atom. The summed E-state index contributed by atoms with van der Waals surface area (Å²) in [6, 6.07) is -0.940. The Morgan fingerprint density at radius 1 is 1.64 bits per heavy atom. The molecule has 0 saturated carbocycles. The molecule has 0 aliphatic rings. The zero-order valence-electron chi connectivity index (χ0n) is 8.44. The zero-order valence-corrected chi connectivity index (χ0v) is 9.26. The molecule has 0 bridgehead atoms. The zero-order chi connectivity index (χ0) is 11.4. The third-order valence-corrected chi connectivity index (χ3v) is 1.52. The smallest absolute Gasteiger partial charge is 0.301 e. The lowest BCUT2D eigenvalue weighted by molar-refractivity contribution is -0.124. The average molecular weight is 224 g/mol. The molecule has 1 amide bonds. The van der Waals surface area contributed by atoms with E-state index >= 15 is 0 Å². The highest BCUT2D eigenvalue weighted by Crippen LogP contribution is 1.99. The normalized spacial score (nSPS) is 16.1. The second kappa shape index (κ2) is 5.40. The van der Waals surface area contributed by atoms with Crippen LogP contribution in [-0.2, 0) is 20.3 Å². The molecule has 6 nitrogen and oxygen atoms in total. The molecule has 4 N–H and O–H groups in total. The van der Waals surface area contributed by atoms with Gasteiger partial charge in [0.05, 0.1) is 6.61 Å².